The fourth-order valence-electron chi connectivity index (χ4n) is 3.93. The molecule has 34 heavy (non-hydrogen) atoms. The quantitative estimate of drug-likeness (QED) is 0.152. The zero-order valence-electron chi connectivity index (χ0n) is 19.7. The maximum Gasteiger partial charge on any atom is 0.416 e. The molecule has 1 fully saturated rings. The molecule has 4 nitrogen and oxygen atoms in total. The highest BCUT2D eigenvalue weighted by Gasteiger charge is 2.34. The third-order valence-electron chi connectivity index (χ3n) is 6.01. The maximum atomic E-state index is 13.6. The Labute approximate surface area is 200 Å². The molecule has 0 aromatic heterocycles. The lowest BCUT2D eigenvalue weighted by Crippen LogP contribution is -2.42. The highest BCUT2D eigenvalue weighted by atomic mass is 31.0. The Morgan fingerprint density at radius 3 is 2.35 bits per heavy atom. The number of hydrogen-bond donors (Lipinski definition) is 1. The van der Waals surface area contributed by atoms with Gasteiger partial charge in [0, 0.05) is 30.3 Å². The maximum absolute atomic E-state index is 13.6. The van der Waals surface area contributed by atoms with E-state index in [2.05, 4.69) is 18.8 Å². The SMILES string of the molecule is C=C(Nc1cc(C(F)(F)F)cc(C(F)(F)P)c1)OCC1CCN(C(=O)[C@H](C)CCCCC)CC1. The molecular weight excluding hydrogens is 474 g/mol. The average molecular weight is 509 g/mol. The van der Waals surface area contributed by atoms with Crippen LogP contribution in [0.15, 0.2) is 30.7 Å². The molecule has 2 atom stereocenters. The summed E-state index contributed by atoms with van der Waals surface area (Å²) in [6.45, 7) is 9.27. The van der Waals surface area contributed by atoms with Crippen molar-refractivity contribution in [3.8, 4) is 0 Å². The van der Waals surface area contributed by atoms with Gasteiger partial charge in [-0.15, -0.1) is 0 Å². The van der Waals surface area contributed by atoms with E-state index < -0.39 is 23.0 Å². The number of rotatable bonds is 11. The van der Waals surface area contributed by atoms with Crippen LogP contribution < -0.4 is 5.32 Å². The number of anilines is 1. The number of hydrogen-bond acceptors (Lipinski definition) is 3. The number of carbonyl (C=O) groups is 1. The van der Waals surface area contributed by atoms with Gasteiger partial charge in [-0.2, -0.15) is 22.0 Å². The van der Waals surface area contributed by atoms with Crippen molar-refractivity contribution in [3.63, 3.8) is 0 Å². The molecule has 1 heterocycles. The van der Waals surface area contributed by atoms with Crippen molar-refractivity contribution in [3.05, 3.63) is 41.8 Å². The summed E-state index contributed by atoms with van der Waals surface area (Å²) in [6, 6.07) is 2.09. The van der Waals surface area contributed by atoms with Gasteiger partial charge in [0.25, 0.3) is 5.66 Å². The highest BCUT2D eigenvalue weighted by Crippen LogP contribution is 2.40. The number of benzene rings is 1. The number of likely N-dealkylation sites (tertiary alicyclic amines) is 1. The molecule has 192 valence electrons. The number of unbranched alkanes of at least 4 members (excludes halogenated alkanes) is 2. The minimum absolute atomic E-state index is 0.00887. The lowest BCUT2D eigenvalue weighted by Gasteiger charge is -2.33. The van der Waals surface area contributed by atoms with E-state index in [1.54, 1.807) is 0 Å². The molecule has 0 radical (unpaired) electrons. The van der Waals surface area contributed by atoms with E-state index in [-0.39, 0.29) is 35.9 Å². The molecule has 10 heteroatoms. The smallest absolute Gasteiger partial charge is 0.416 e. The van der Waals surface area contributed by atoms with Crippen molar-refractivity contribution in [2.75, 3.05) is 25.0 Å². The summed E-state index contributed by atoms with van der Waals surface area (Å²) in [7, 11) is 1.23. The minimum Gasteiger partial charge on any atom is -0.479 e. The molecule has 1 aromatic rings. The van der Waals surface area contributed by atoms with Gasteiger partial charge in [0.1, 0.15) is 0 Å². The molecule has 1 aromatic carbocycles. The van der Waals surface area contributed by atoms with Crippen molar-refractivity contribution < 1.29 is 31.5 Å². The van der Waals surface area contributed by atoms with E-state index in [9.17, 15) is 26.7 Å². The number of nitrogens with zero attached hydrogens (tertiary/aromatic N) is 1. The first kappa shape index (κ1) is 28.3. The molecule has 1 aliphatic rings. The first-order valence-electron chi connectivity index (χ1n) is 11.6. The molecular formula is C24H34F5N2O2P. The number of amides is 1. The van der Waals surface area contributed by atoms with Crippen LogP contribution in [0.4, 0.5) is 27.6 Å². The lowest BCUT2D eigenvalue weighted by molar-refractivity contribution is -0.138. The molecule has 2 rings (SSSR count). The zero-order valence-corrected chi connectivity index (χ0v) is 20.8. The normalized spacial score (nSPS) is 16.3. The Kier molecular flexibility index (Phi) is 10.2. The second kappa shape index (κ2) is 12.2. The number of ether oxygens (including phenoxy) is 1. The predicted octanol–water partition coefficient (Wildman–Crippen LogP) is 6.98. The van der Waals surface area contributed by atoms with Crippen LogP contribution in [0.1, 0.15) is 63.5 Å². The Bertz CT molecular complexity index is 801. The van der Waals surface area contributed by atoms with E-state index in [4.69, 9.17) is 4.74 Å². The fraction of sp³-hybridized carbons (Fsp3) is 0.625. The molecule has 0 aliphatic carbocycles. The van der Waals surface area contributed by atoms with Gasteiger partial charge in [0.05, 0.1) is 12.2 Å². The minimum atomic E-state index is -4.77. The Hall–Kier alpha value is -1.89. The molecule has 0 bridgehead atoms. The van der Waals surface area contributed by atoms with Crippen molar-refractivity contribution in [1.29, 1.82) is 0 Å². The molecule has 0 spiro atoms. The predicted molar refractivity (Wildman–Crippen MR) is 126 cm³/mol. The molecule has 1 N–H and O–H groups in total. The van der Waals surface area contributed by atoms with E-state index >= 15 is 0 Å². The van der Waals surface area contributed by atoms with E-state index in [1.165, 1.54) is 9.24 Å². The first-order valence-corrected chi connectivity index (χ1v) is 12.2. The number of piperidine rings is 1. The molecule has 1 amide bonds. The monoisotopic (exact) mass is 508 g/mol. The van der Waals surface area contributed by atoms with Crippen molar-refractivity contribution in [2.45, 2.75) is 64.2 Å². The molecule has 0 saturated carbocycles. The van der Waals surface area contributed by atoms with E-state index in [0.29, 0.717) is 19.2 Å². The molecule has 1 saturated heterocycles. The highest BCUT2D eigenvalue weighted by molar-refractivity contribution is 7.17. The molecule has 1 aliphatic heterocycles. The van der Waals surface area contributed by atoms with Crippen LogP contribution in [0.3, 0.4) is 0 Å². The Morgan fingerprint density at radius 2 is 1.79 bits per heavy atom. The zero-order chi connectivity index (χ0) is 25.5. The summed E-state index contributed by atoms with van der Waals surface area (Å²) in [5.74, 6) is 0.314. The average Bonchev–Trinajstić information content (AvgIpc) is 2.76. The van der Waals surface area contributed by atoms with Crippen LogP contribution in [-0.2, 0) is 21.4 Å². The van der Waals surface area contributed by atoms with Crippen LogP contribution in [-0.4, -0.2) is 30.5 Å². The van der Waals surface area contributed by atoms with Gasteiger partial charge in [-0.3, -0.25) is 4.79 Å². The van der Waals surface area contributed by atoms with Gasteiger partial charge in [-0.1, -0.05) is 42.3 Å². The summed E-state index contributed by atoms with van der Waals surface area (Å²) >= 11 is 0. The van der Waals surface area contributed by atoms with E-state index in [0.717, 1.165) is 50.7 Å². The van der Waals surface area contributed by atoms with Crippen molar-refractivity contribution in [1.82, 2.24) is 4.90 Å². The topological polar surface area (TPSA) is 41.6 Å². The number of halogens is 5. The van der Waals surface area contributed by atoms with Gasteiger partial charge >= 0.3 is 6.18 Å². The number of alkyl halides is 5. The van der Waals surface area contributed by atoms with Crippen molar-refractivity contribution >= 4 is 20.8 Å². The standard InChI is InChI=1S/C24H34F5N2O2P/c1-4-5-6-7-16(2)22(32)31-10-8-18(9-11-31)15-33-17(3)30-21-13-19(23(25,26)27)12-20(14-21)24(28,29)34/h12-14,16,18,30H,3-11,15,34H2,1-2H3/t16-/m1/s1. The summed E-state index contributed by atoms with van der Waals surface area (Å²) in [5.41, 5.74) is -5.68. The van der Waals surface area contributed by atoms with Gasteiger partial charge in [-0.25, -0.2) is 0 Å². The fourth-order valence-corrected chi connectivity index (χ4v) is 4.09. The summed E-state index contributed by atoms with van der Waals surface area (Å²) in [4.78, 5) is 14.5. The summed E-state index contributed by atoms with van der Waals surface area (Å²) < 4.78 is 72.2. The summed E-state index contributed by atoms with van der Waals surface area (Å²) in [6.07, 6.45) is 0.888. The summed E-state index contributed by atoms with van der Waals surface area (Å²) in [5, 5.41) is 2.55. The third kappa shape index (κ3) is 8.71. The second-order valence-corrected chi connectivity index (χ2v) is 9.67. The Morgan fingerprint density at radius 1 is 1.18 bits per heavy atom. The van der Waals surface area contributed by atoms with Gasteiger partial charge in [0.2, 0.25) is 5.91 Å². The number of nitrogens with one attached hydrogen (secondary N) is 1. The lowest BCUT2D eigenvalue weighted by atomic mass is 9.95. The number of carbonyl (C=O) groups excluding carboxylic acids is 1. The van der Waals surface area contributed by atoms with Gasteiger partial charge in [-0.05, 0) is 50.0 Å². The van der Waals surface area contributed by atoms with Gasteiger partial charge in [0.15, 0.2) is 5.88 Å². The van der Waals surface area contributed by atoms with E-state index in [1.807, 2.05) is 11.8 Å². The van der Waals surface area contributed by atoms with Gasteiger partial charge < -0.3 is 15.0 Å². The van der Waals surface area contributed by atoms with Crippen molar-refractivity contribution in [2.24, 2.45) is 11.8 Å². The van der Waals surface area contributed by atoms with Crippen LogP contribution in [0, 0.1) is 11.8 Å². The van der Waals surface area contributed by atoms with Crippen LogP contribution in [0.5, 0.6) is 0 Å². The second-order valence-electron chi connectivity index (χ2n) is 8.94. The Balaban J connectivity index is 1.86. The first-order chi connectivity index (χ1) is 15.8. The third-order valence-corrected chi connectivity index (χ3v) is 6.34. The van der Waals surface area contributed by atoms with Crippen LogP contribution in [0.25, 0.3) is 0 Å². The molecule has 1 unspecified atom stereocenters. The van der Waals surface area contributed by atoms with Crippen LogP contribution in [0.2, 0.25) is 0 Å². The largest absolute Gasteiger partial charge is 0.479 e. The van der Waals surface area contributed by atoms with Crippen LogP contribution >= 0.6 is 9.24 Å².